The summed E-state index contributed by atoms with van der Waals surface area (Å²) in [6.45, 7) is 0.406. The van der Waals surface area contributed by atoms with E-state index >= 15 is 0 Å². The molecule has 2 aromatic rings. The first-order chi connectivity index (χ1) is 15.7. The van der Waals surface area contributed by atoms with E-state index in [9.17, 15) is 17.6 Å². The first kappa shape index (κ1) is 21.6. The molecule has 5 rings (SSSR count). The van der Waals surface area contributed by atoms with Crippen LogP contribution in [0.2, 0.25) is 0 Å². The Hall–Kier alpha value is -3.21. The van der Waals surface area contributed by atoms with Crippen LogP contribution in [-0.2, 0) is 21.2 Å². The number of halogens is 1. The molecule has 3 N–H and O–H groups in total. The smallest absolute Gasteiger partial charge is 0.232 e. The number of fused-ring (bicyclic) bond motifs is 3. The lowest BCUT2D eigenvalue weighted by molar-refractivity contribution is -0.125. The SMILES string of the molecule is CNC(=O)[C@@H]1[C@H](Nc2nc(Nc3ccc4c(c3)CCN4S(C)(=O)=O)ncc2F)[C@H]2C=C[C@@H]1C2. The highest BCUT2D eigenvalue weighted by molar-refractivity contribution is 7.92. The third kappa shape index (κ3) is 3.90. The van der Waals surface area contributed by atoms with Gasteiger partial charge in [0.05, 0.1) is 24.1 Å². The molecule has 1 fully saturated rings. The summed E-state index contributed by atoms with van der Waals surface area (Å²) in [5, 5.41) is 8.92. The zero-order valence-corrected chi connectivity index (χ0v) is 19.1. The van der Waals surface area contributed by atoms with Crippen LogP contribution in [-0.4, -0.2) is 50.2 Å². The zero-order valence-electron chi connectivity index (χ0n) is 18.2. The van der Waals surface area contributed by atoms with Gasteiger partial charge in [-0.1, -0.05) is 12.2 Å². The average Bonchev–Trinajstić information content (AvgIpc) is 3.49. The summed E-state index contributed by atoms with van der Waals surface area (Å²) in [4.78, 5) is 20.8. The number of sulfonamides is 1. The fourth-order valence-electron chi connectivity index (χ4n) is 5.15. The minimum atomic E-state index is -3.32. The highest BCUT2D eigenvalue weighted by Gasteiger charge is 2.48. The Labute approximate surface area is 191 Å². The normalized spacial score (nSPS) is 25.2. The number of allylic oxidation sites excluding steroid dienone is 1. The second-order valence-corrected chi connectivity index (χ2v) is 10.6. The van der Waals surface area contributed by atoms with E-state index in [0.29, 0.717) is 24.3 Å². The van der Waals surface area contributed by atoms with Crippen molar-refractivity contribution < 1.29 is 17.6 Å². The number of carbonyl (C=O) groups excluding carboxylic acids is 1. The molecule has 0 spiro atoms. The van der Waals surface area contributed by atoms with Gasteiger partial charge in [-0.15, -0.1) is 0 Å². The summed E-state index contributed by atoms with van der Waals surface area (Å²) in [6.07, 6.45) is 7.88. The number of rotatable bonds is 6. The van der Waals surface area contributed by atoms with Crippen molar-refractivity contribution in [3.8, 4) is 0 Å². The number of anilines is 4. The van der Waals surface area contributed by atoms with Gasteiger partial charge in [0.25, 0.3) is 0 Å². The standard InChI is InChI=1S/C22H25FN6O3S/c1-24-21(30)18-13-3-4-14(9-13)19(18)27-20-16(23)11-25-22(28-20)26-15-5-6-17-12(10-15)7-8-29(17)33(2,31)32/h3-6,10-11,13-14,18-19H,7-9H2,1-2H3,(H,24,30)(H2,25,26,27,28)/t13-,14+,18+,19-/m1/s1. The molecule has 2 bridgehead atoms. The Balaban J connectivity index is 1.36. The van der Waals surface area contributed by atoms with Crippen LogP contribution in [0, 0.1) is 23.6 Å². The van der Waals surface area contributed by atoms with Gasteiger partial charge in [0, 0.05) is 25.3 Å². The maximum Gasteiger partial charge on any atom is 0.232 e. The summed E-state index contributed by atoms with van der Waals surface area (Å²) < 4.78 is 39.8. The lowest BCUT2D eigenvalue weighted by Crippen LogP contribution is -2.42. The van der Waals surface area contributed by atoms with Crippen molar-refractivity contribution in [3.05, 3.63) is 47.9 Å². The Morgan fingerprint density at radius 3 is 2.79 bits per heavy atom. The van der Waals surface area contributed by atoms with Crippen LogP contribution in [0.25, 0.3) is 0 Å². The quantitative estimate of drug-likeness (QED) is 0.551. The van der Waals surface area contributed by atoms with E-state index in [4.69, 9.17) is 0 Å². The van der Waals surface area contributed by atoms with Crippen LogP contribution in [0.1, 0.15) is 12.0 Å². The number of aromatic nitrogens is 2. The molecular formula is C22H25FN6O3S. The van der Waals surface area contributed by atoms with Crippen molar-refractivity contribution in [2.75, 3.05) is 34.8 Å². The molecule has 4 atom stereocenters. The van der Waals surface area contributed by atoms with Crippen molar-refractivity contribution in [2.45, 2.75) is 18.9 Å². The van der Waals surface area contributed by atoms with Crippen molar-refractivity contribution in [2.24, 2.45) is 17.8 Å². The molecule has 1 amide bonds. The number of nitrogens with one attached hydrogen (secondary N) is 3. The van der Waals surface area contributed by atoms with Crippen LogP contribution in [0.3, 0.4) is 0 Å². The van der Waals surface area contributed by atoms with E-state index in [-0.39, 0.29) is 41.5 Å². The number of amides is 1. The first-order valence-electron chi connectivity index (χ1n) is 10.8. The molecule has 33 heavy (non-hydrogen) atoms. The molecule has 1 saturated carbocycles. The Morgan fingerprint density at radius 1 is 1.24 bits per heavy atom. The number of hydrogen-bond acceptors (Lipinski definition) is 7. The molecule has 174 valence electrons. The molecule has 0 unspecified atom stereocenters. The van der Waals surface area contributed by atoms with Gasteiger partial charge in [-0.3, -0.25) is 9.10 Å². The van der Waals surface area contributed by atoms with Crippen LogP contribution in [0.15, 0.2) is 36.5 Å². The van der Waals surface area contributed by atoms with Crippen LogP contribution >= 0.6 is 0 Å². The molecule has 11 heteroatoms. The second-order valence-electron chi connectivity index (χ2n) is 8.70. The van der Waals surface area contributed by atoms with Crippen LogP contribution in [0.5, 0.6) is 0 Å². The minimum Gasteiger partial charge on any atom is -0.363 e. The van der Waals surface area contributed by atoms with Crippen molar-refractivity contribution in [3.63, 3.8) is 0 Å². The number of benzene rings is 1. The molecule has 0 radical (unpaired) electrons. The van der Waals surface area contributed by atoms with E-state index in [0.717, 1.165) is 18.2 Å². The molecule has 2 heterocycles. The van der Waals surface area contributed by atoms with Gasteiger partial charge in [0.15, 0.2) is 11.6 Å². The van der Waals surface area contributed by atoms with Crippen molar-refractivity contribution >= 4 is 39.1 Å². The van der Waals surface area contributed by atoms with E-state index in [1.54, 1.807) is 19.2 Å². The number of carbonyl (C=O) groups is 1. The van der Waals surface area contributed by atoms with Gasteiger partial charge in [0.1, 0.15) is 0 Å². The van der Waals surface area contributed by atoms with Crippen molar-refractivity contribution in [1.82, 2.24) is 15.3 Å². The Bertz CT molecular complexity index is 1250. The van der Waals surface area contributed by atoms with Crippen molar-refractivity contribution in [1.29, 1.82) is 0 Å². The molecule has 3 aliphatic rings. The largest absolute Gasteiger partial charge is 0.363 e. The lowest BCUT2D eigenvalue weighted by atomic mass is 9.88. The maximum atomic E-state index is 14.6. The molecular weight excluding hydrogens is 447 g/mol. The zero-order chi connectivity index (χ0) is 23.3. The van der Waals surface area contributed by atoms with Gasteiger partial charge >= 0.3 is 0 Å². The first-order valence-corrected chi connectivity index (χ1v) is 12.7. The van der Waals surface area contributed by atoms with Gasteiger partial charge in [-0.05, 0) is 48.4 Å². The summed E-state index contributed by atoms with van der Waals surface area (Å²) >= 11 is 0. The van der Waals surface area contributed by atoms with E-state index in [2.05, 4.69) is 38.1 Å². The predicted molar refractivity (Wildman–Crippen MR) is 123 cm³/mol. The monoisotopic (exact) mass is 472 g/mol. The third-order valence-electron chi connectivity index (χ3n) is 6.64. The second kappa shape index (κ2) is 7.98. The molecule has 2 aliphatic carbocycles. The minimum absolute atomic E-state index is 0.0387. The highest BCUT2D eigenvalue weighted by Crippen LogP contribution is 2.45. The average molecular weight is 473 g/mol. The molecule has 1 aliphatic heterocycles. The van der Waals surface area contributed by atoms with Crippen LogP contribution < -0.4 is 20.3 Å². The fourth-order valence-corrected chi connectivity index (χ4v) is 6.11. The maximum absolute atomic E-state index is 14.6. The summed E-state index contributed by atoms with van der Waals surface area (Å²) in [5.74, 6) is -0.446. The van der Waals surface area contributed by atoms with Gasteiger partial charge in [0.2, 0.25) is 21.9 Å². The molecule has 9 nitrogen and oxygen atoms in total. The van der Waals surface area contributed by atoms with Gasteiger partial charge < -0.3 is 16.0 Å². The Kier molecular flexibility index (Phi) is 5.23. The fraction of sp³-hybridized carbons (Fsp3) is 0.409. The molecule has 1 aromatic carbocycles. The van der Waals surface area contributed by atoms with Gasteiger partial charge in [-0.2, -0.15) is 4.98 Å². The lowest BCUT2D eigenvalue weighted by Gasteiger charge is -2.28. The van der Waals surface area contributed by atoms with E-state index < -0.39 is 15.8 Å². The summed E-state index contributed by atoms with van der Waals surface area (Å²) in [6, 6.07) is 5.08. The summed E-state index contributed by atoms with van der Waals surface area (Å²) in [7, 11) is -1.72. The predicted octanol–water partition coefficient (Wildman–Crippen LogP) is 2.03. The number of nitrogens with zero attached hydrogens (tertiary/aromatic N) is 3. The highest BCUT2D eigenvalue weighted by atomic mass is 32.2. The van der Waals surface area contributed by atoms with Gasteiger partial charge in [-0.25, -0.2) is 17.8 Å². The third-order valence-corrected chi connectivity index (χ3v) is 7.82. The topological polar surface area (TPSA) is 116 Å². The summed E-state index contributed by atoms with van der Waals surface area (Å²) in [5.41, 5.74) is 2.23. The van der Waals surface area contributed by atoms with E-state index in [1.807, 2.05) is 6.07 Å². The van der Waals surface area contributed by atoms with E-state index in [1.165, 1.54) is 10.6 Å². The molecule has 1 aromatic heterocycles. The number of hydrogen-bond donors (Lipinski definition) is 3. The van der Waals surface area contributed by atoms with Crippen LogP contribution in [0.4, 0.5) is 27.5 Å². The molecule has 0 saturated heterocycles. The Morgan fingerprint density at radius 2 is 2.03 bits per heavy atom.